The van der Waals surface area contributed by atoms with E-state index in [0.29, 0.717) is 6.04 Å². The predicted octanol–water partition coefficient (Wildman–Crippen LogP) is 2.66. The monoisotopic (exact) mass is 340 g/mol. The van der Waals surface area contributed by atoms with Gasteiger partial charge in [0.1, 0.15) is 23.7 Å². The summed E-state index contributed by atoms with van der Waals surface area (Å²) >= 11 is 0. The van der Waals surface area contributed by atoms with Crippen LogP contribution < -0.4 is 14.5 Å². The highest BCUT2D eigenvalue weighted by molar-refractivity contribution is 5.53. The fraction of sp³-hybridized carbons (Fsp3) is 0.474. The molecule has 132 valence electrons. The van der Waals surface area contributed by atoms with E-state index in [2.05, 4.69) is 38.0 Å². The molecule has 0 saturated carbocycles. The van der Waals surface area contributed by atoms with Crippen molar-refractivity contribution in [3.05, 3.63) is 42.2 Å². The van der Waals surface area contributed by atoms with Crippen LogP contribution in [0.5, 0.6) is 5.75 Å². The second kappa shape index (κ2) is 7.27. The van der Waals surface area contributed by atoms with Gasteiger partial charge in [-0.3, -0.25) is 0 Å². The highest BCUT2D eigenvalue weighted by Crippen LogP contribution is 2.39. The molecule has 0 bridgehead atoms. The van der Waals surface area contributed by atoms with Crippen molar-refractivity contribution in [2.24, 2.45) is 0 Å². The molecule has 4 rings (SSSR count). The molecule has 3 heterocycles. The van der Waals surface area contributed by atoms with Crippen molar-refractivity contribution in [3.8, 4) is 5.75 Å². The van der Waals surface area contributed by atoms with E-state index < -0.39 is 0 Å². The number of hydrogen-bond acceptors (Lipinski definition) is 6. The van der Waals surface area contributed by atoms with Gasteiger partial charge in [-0.1, -0.05) is 18.2 Å². The predicted molar refractivity (Wildman–Crippen MR) is 97.4 cm³/mol. The summed E-state index contributed by atoms with van der Waals surface area (Å²) in [6, 6.07) is 10.7. The van der Waals surface area contributed by atoms with Crippen molar-refractivity contribution >= 4 is 11.6 Å². The number of ether oxygens (including phenoxy) is 2. The molecular weight excluding hydrogens is 316 g/mol. The average molecular weight is 340 g/mol. The summed E-state index contributed by atoms with van der Waals surface area (Å²) in [6.07, 6.45) is 3.94. The Morgan fingerprint density at radius 1 is 1.08 bits per heavy atom. The van der Waals surface area contributed by atoms with Gasteiger partial charge in [0.2, 0.25) is 0 Å². The molecule has 0 amide bonds. The summed E-state index contributed by atoms with van der Waals surface area (Å²) < 4.78 is 11.0. The first kappa shape index (κ1) is 16.1. The molecule has 1 aromatic heterocycles. The zero-order chi connectivity index (χ0) is 17.1. The second-order valence-electron chi connectivity index (χ2n) is 6.43. The molecule has 0 radical (unpaired) electrons. The fourth-order valence-corrected chi connectivity index (χ4v) is 3.77. The van der Waals surface area contributed by atoms with Crippen LogP contribution in [0.4, 0.5) is 11.6 Å². The lowest BCUT2D eigenvalue weighted by Crippen LogP contribution is -2.37. The van der Waals surface area contributed by atoms with Crippen LogP contribution in [0.15, 0.2) is 36.7 Å². The maximum absolute atomic E-state index is 5.58. The van der Waals surface area contributed by atoms with E-state index in [4.69, 9.17) is 9.47 Å². The van der Waals surface area contributed by atoms with Crippen LogP contribution in [0.25, 0.3) is 0 Å². The summed E-state index contributed by atoms with van der Waals surface area (Å²) in [4.78, 5) is 13.7. The normalized spacial score (nSPS) is 20.8. The van der Waals surface area contributed by atoms with Gasteiger partial charge in [-0.25, -0.2) is 9.97 Å². The molecule has 2 fully saturated rings. The smallest absolute Gasteiger partial charge is 0.134 e. The third-order valence-corrected chi connectivity index (χ3v) is 5.02. The first-order chi connectivity index (χ1) is 12.4. The van der Waals surface area contributed by atoms with Crippen molar-refractivity contribution < 1.29 is 9.47 Å². The lowest BCUT2D eigenvalue weighted by molar-refractivity contribution is 0.122. The molecule has 2 aromatic rings. The van der Waals surface area contributed by atoms with Crippen LogP contribution in [0, 0.1) is 0 Å². The van der Waals surface area contributed by atoms with Gasteiger partial charge >= 0.3 is 0 Å². The van der Waals surface area contributed by atoms with Gasteiger partial charge in [0.25, 0.3) is 0 Å². The van der Waals surface area contributed by atoms with Crippen molar-refractivity contribution in [2.45, 2.75) is 18.9 Å². The van der Waals surface area contributed by atoms with E-state index in [1.165, 1.54) is 5.56 Å². The molecule has 2 aliphatic heterocycles. The Balaban J connectivity index is 1.62. The molecule has 2 saturated heterocycles. The summed E-state index contributed by atoms with van der Waals surface area (Å²) in [5.74, 6) is 2.92. The number of para-hydroxylation sites is 1. The van der Waals surface area contributed by atoms with Crippen molar-refractivity contribution in [1.82, 2.24) is 9.97 Å². The number of hydrogen-bond donors (Lipinski definition) is 0. The third kappa shape index (κ3) is 3.26. The largest absolute Gasteiger partial charge is 0.496 e. The lowest BCUT2D eigenvalue weighted by atomic mass is 10.0. The molecule has 0 aliphatic carbocycles. The molecule has 6 heteroatoms. The Hall–Kier alpha value is -2.34. The number of morpholine rings is 1. The van der Waals surface area contributed by atoms with Gasteiger partial charge in [0.15, 0.2) is 0 Å². The Kier molecular flexibility index (Phi) is 4.70. The summed E-state index contributed by atoms with van der Waals surface area (Å²) in [5.41, 5.74) is 1.23. The first-order valence-corrected chi connectivity index (χ1v) is 8.91. The van der Waals surface area contributed by atoms with E-state index in [0.717, 1.165) is 63.1 Å². The zero-order valence-electron chi connectivity index (χ0n) is 14.6. The van der Waals surface area contributed by atoms with Crippen molar-refractivity contribution in [3.63, 3.8) is 0 Å². The van der Waals surface area contributed by atoms with Gasteiger partial charge in [-0.15, -0.1) is 0 Å². The number of methoxy groups -OCH3 is 1. The van der Waals surface area contributed by atoms with Gasteiger partial charge in [-0.2, -0.15) is 0 Å². The van der Waals surface area contributed by atoms with Crippen LogP contribution in [-0.2, 0) is 4.74 Å². The quantitative estimate of drug-likeness (QED) is 0.853. The molecule has 2 aliphatic rings. The highest BCUT2D eigenvalue weighted by Gasteiger charge is 2.29. The number of nitrogens with zero attached hydrogens (tertiary/aromatic N) is 4. The summed E-state index contributed by atoms with van der Waals surface area (Å²) in [6.45, 7) is 4.28. The SMILES string of the molecule is COc1ccccc1C1CCCN1c1cc(N2CCOCC2)ncn1. The number of rotatable bonds is 4. The maximum Gasteiger partial charge on any atom is 0.134 e. The molecule has 0 N–H and O–H groups in total. The minimum Gasteiger partial charge on any atom is -0.496 e. The minimum absolute atomic E-state index is 0.295. The zero-order valence-corrected chi connectivity index (χ0v) is 14.6. The molecule has 1 aromatic carbocycles. The lowest BCUT2D eigenvalue weighted by Gasteiger charge is -2.30. The topological polar surface area (TPSA) is 50.7 Å². The molecule has 25 heavy (non-hydrogen) atoms. The van der Waals surface area contributed by atoms with E-state index in [-0.39, 0.29) is 0 Å². The first-order valence-electron chi connectivity index (χ1n) is 8.91. The van der Waals surface area contributed by atoms with Crippen LogP contribution in [0.3, 0.4) is 0 Å². The summed E-state index contributed by atoms with van der Waals surface area (Å²) in [5, 5.41) is 0. The van der Waals surface area contributed by atoms with Crippen LogP contribution in [-0.4, -0.2) is 49.9 Å². The van der Waals surface area contributed by atoms with Gasteiger partial charge in [0.05, 0.1) is 26.4 Å². The Morgan fingerprint density at radius 3 is 2.72 bits per heavy atom. The van der Waals surface area contributed by atoms with Crippen LogP contribution in [0.2, 0.25) is 0 Å². The average Bonchev–Trinajstić information content (AvgIpc) is 3.18. The Labute approximate surface area is 148 Å². The molecule has 6 nitrogen and oxygen atoms in total. The Bertz CT molecular complexity index is 718. The molecular formula is C19H24N4O2. The standard InChI is InChI=1S/C19H24N4O2/c1-24-17-7-3-2-5-15(17)16-6-4-8-23(16)19-13-18(20-14-21-19)22-9-11-25-12-10-22/h2-3,5,7,13-14,16H,4,6,8-12H2,1H3. The van der Waals surface area contributed by atoms with E-state index in [1.807, 2.05) is 12.1 Å². The van der Waals surface area contributed by atoms with Crippen molar-refractivity contribution in [2.75, 3.05) is 49.8 Å². The number of anilines is 2. The fourth-order valence-electron chi connectivity index (χ4n) is 3.77. The van der Waals surface area contributed by atoms with E-state index in [1.54, 1.807) is 13.4 Å². The highest BCUT2D eigenvalue weighted by atomic mass is 16.5. The van der Waals surface area contributed by atoms with Crippen molar-refractivity contribution in [1.29, 1.82) is 0 Å². The third-order valence-electron chi connectivity index (χ3n) is 5.02. The molecule has 0 spiro atoms. The van der Waals surface area contributed by atoms with Gasteiger partial charge in [-0.05, 0) is 18.9 Å². The number of aromatic nitrogens is 2. The summed E-state index contributed by atoms with van der Waals surface area (Å²) in [7, 11) is 1.74. The maximum atomic E-state index is 5.58. The van der Waals surface area contributed by atoms with Gasteiger partial charge in [0, 0.05) is 31.3 Å². The Morgan fingerprint density at radius 2 is 1.88 bits per heavy atom. The van der Waals surface area contributed by atoms with E-state index in [9.17, 15) is 0 Å². The molecule has 1 atom stereocenters. The van der Waals surface area contributed by atoms with Crippen LogP contribution >= 0.6 is 0 Å². The molecule has 1 unspecified atom stereocenters. The number of benzene rings is 1. The van der Waals surface area contributed by atoms with Gasteiger partial charge < -0.3 is 19.3 Å². The van der Waals surface area contributed by atoms with E-state index >= 15 is 0 Å². The second-order valence-corrected chi connectivity index (χ2v) is 6.43. The van der Waals surface area contributed by atoms with Crippen LogP contribution in [0.1, 0.15) is 24.4 Å². The minimum atomic E-state index is 0.295.